The number of rotatable bonds is 3. The van der Waals surface area contributed by atoms with E-state index in [1.807, 2.05) is 42.2 Å². The number of nitrogens with zero attached hydrogens (tertiary/aromatic N) is 6. The van der Waals surface area contributed by atoms with Crippen LogP contribution in [0, 0.1) is 6.92 Å². The third-order valence-electron chi connectivity index (χ3n) is 4.07. The molecular formula is C16H18N6O. The highest BCUT2D eigenvalue weighted by Crippen LogP contribution is 2.24. The zero-order valence-corrected chi connectivity index (χ0v) is 13.0. The van der Waals surface area contributed by atoms with E-state index >= 15 is 0 Å². The zero-order chi connectivity index (χ0) is 15.6. The lowest BCUT2D eigenvalue weighted by atomic mass is 10.1. The van der Waals surface area contributed by atoms with Crippen LogP contribution in [-0.2, 0) is 19.6 Å². The summed E-state index contributed by atoms with van der Waals surface area (Å²) in [6.07, 6.45) is 3.67. The van der Waals surface area contributed by atoms with E-state index in [-0.39, 0.29) is 5.92 Å². The van der Waals surface area contributed by atoms with Crippen LogP contribution in [0.2, 0.25) is 0 Å². The van der Waals surface area contributed by atoms with Gasteiger partial charge in [0.25, 0.3) is 0 Å². The third-order valence-corrected chi connectivity index (χ3v) is 4.07. The molecule has 0 amide bonds. The Morgan fingerprint density at radius 3 is 2.96 bits per heavy atom. The Labute approximate surface area is 134 Å². The van der Waals surface area contributed by atoms with Gasteiger partial charge in [-0.1, -0.05) is 11.2 Å². The number of fused-ring (bicyclic) bond motifs is 1. The molecule has 7 heteroatoms. The number of hydrogen-bond donors (Lipinski definition) is 0. The lowest BCUT2D eigenvalue weighted by Gasteiger charge is -2.21. The van der Waals surface area contributed by atoms with E-state index in [0.717, 1.165) is 31.9 Å². The molecule has 7 nitrogen and oxygen atoms in total. The normalized spacial score (nSPS) is 18.6. The molecule has 0 fully saturated rings. The summed E-state index contributed by atoms with van der Waals surface area (Å²) in [4.78, 5) is 11.2. The summed E-state index contributed by atoms with van der Waals surface area (Å²) in [5.41, 5.74) is 2.25. The molecule has 1 atom stereocenters. The molecule has 118 valence electrons. The number of pyridine rings is 1. The minimum atomic E-state index is 0.126. The van der Waals surface area contributed by atoms with Gasteiger partial charge in [-0.15, -0.1) is 0 Å². The topological polar surface area (TPSA) is 72.9 Å². The van der Waals surface area contributed by atoms with Crippen LogP contribution in [0.5, 0.6) is 0 Å². The molecule has 0 aliphatic carbocycles. The Bertz CT molecular complexity index is 781. The summed E-state index contributed by atoms with van der Waals surface area (Å²) < 4.78 is 7.44. The van der Waals surface area contributed by atoms with Crippen molar-refractivity contribution in [3.63, 3.8) is 0 Å². The van der Waals surface area contributed by atoms with Gasteiger partial charge in [-0.3, -0.25) is 14.6 Å². The monoisotopic (exact) mass is 310 g/mol. The van der Waals surface area contributed by atoms with Crippen LogP contribution in [-0.4, -0.2) is 36.3 Å². The van der Waals surface area contributed by atoms with Crippen LogP contribution in [0.15, 0.2) is 41.2 Å². The summed E-state index contributed by atoms with van der Waals surface area (Å²) in [5.74, 6) is 1.47. The first-order chi connectivity index (χ1) is 11.3. The van der Waals surface area contributed by atoms with E-state index in [9.17, 15) is 0 Å². The molecule has 0 unspecified atom stereocenters. The van der Waals surface area contributed by atoms with Crippen molar-refractivity contribution >= 4 is 0 Å². The highest BCUT2D eigenvalue weighted by atomic mass is 16.5. The van der Waals surface area contributed by atoms with Gasteiger partial charge >= 0.3 is 0 Å². The molecule has 0 spiro atoms. The Balaban J connectivity index is 1.62. The van der Waals surface area contributed by atoms with Gasteiger partial charge in [0.1, 0.15) is 0 Å². The molecule has 0 bridgehead atoms. The van der Waals surface area contributed by atoms with Crippen molar-refractivity contribution in [2.45, 2.75) is 32.5 Å². The standard InChI is InChI=1S/C16H18N6O/c1-12-19-16(23-20-12)13-8-21(10-14-4-2-3-6-17-14)11-15-5-7-18-22(15)9-13/h2-7,13H,8-11H2,1H3/t13-/m1/s1. The van der Waals surface area contributed by atoms with Gasteiger partial charge in [0.2, 0.25) is 5.89 Å². The predicted molar refractivity (Wildman–Crippen MR) is 82.4 cm³/mol. The number of aryl methyl sites for hydroxylation is 1. The minimum absolute atomic E-state index is 0.126. The molecule has 0 radical (unpaired) electrons. The van der Waals surface area contributed by atoms with Crippen molar-refractivity contribution in [2.75, 3.05) is 6.54 Å². The van der Waals surface area contributed by atoms with Gasteiger partial charge in [0.05, 0.1) is 23.9 Å². The Morgan fingerprint density at radius 1 is 1.22 bits per heavy atom. The second-order valence-corrected chi connectivity index (χ2v) is 5.87. The fourth-order valence-electron chi connectivity index (χ4n) is 3.01. The summed E-state index contributed by atoms with van der Waals surface area (Å²) in [7, 11) is 0. The number of aromatic nitrogens is 5. The molecule has 0 saturated heterocycles. The summed E-state index contributed by atoms with van der Waals surface area (Å²) in [6, 6.07) is 8.06. The molecule has 4 heterocycles. The van der Waals surface area contributed by atoms with Crippen molar-refractivity contribution in [1.29, 1.82) is 0 Å². The Kier molecular flexibility index (Phi) is 3.63. The van der Waals surface area contributed by atoms with Crippen LogP contribution in [0.4, 0.5) is 0 Å². The van der Waals surface area contributed by atoms with Crippen LogP contribution in [0.3, 0.4) is 0 Å². The van der Waals surface area contributed by atoms with Gasteiger partial charge in [-0.2, -0.15) is 10.1 Å². The zero-order valence-electron chi connectivity index (χ0n) is 13.0. The van der Waals surface area contributed by atoms with Gasteiger partial charge in [-0.05, 0) is 25.1 Å². The third kappa shape index (κ3) is 3.00. The van der Waals surface area contributed by atoms with E-state index in [0.29, 0.717) is 11.7 Å². The SMILES string of the molecule is Cc1noc([C@@H]2CN(Cc3ccccn3)Cc3ccnn3C2)n1. The van der Waals surface area contributed by atoms with Crippen LogP contribution >= 0.6 is 0 Å². The van der Waals surface area contributed by atoms with E-state index in [1.54, 1.807) is 0 Å². The fraction of sp³-hybridized carbons (Fsp3) is 0.375. The highest BCUT2D eigenvalue weighted by Gasteiger charge is 2.27. The molecule has 0 aromatic carbocycles. The van der Waals surface area contributed by atoms with E-state index in [4.69, 9.17) is 4.52 Å². The smallest absolute Gasteiger partial charge is 0.232 e. The Morgan fingerprint density at radius 2 is 2.17 bits per heavy atom. The van der Waals surface area contributed by atoms with Crippen molar-refractivity contribution in [2.24, 2.45) is 0 Å². The highest BCUT2D eigenvalue weighted by molar-refractivity contribution is 5.08. The maximum Gasteiger partial charge on any atom is 0.232 e. The fourth-order valence-corrected chi connectivity index (χ4v) is 3.01. The minimum Gasteiger partial charge on any atom is -0.339 e. The van der Waals surface area contributed by atoms with Crippen LogP contribution in [0.1, 0.15) is 29.0 Å². The second kappa shape index (κ2) is 5.92. The van der Waals surface area contributed by atoms with Crippen molar-refractivity contribution in [3.05, 3.63) is 59.8 Å². The van der Waals surface area contributed by atoms with E-state index in [2.05, 4.69) is 31.2 Å². The van der Waals surface area contributed by atoms with Crippen molar-refractivity contribution in [1.82, 2.24) is 29.8 Å². The molecule has 23 heavy (non-hydrogen) atoms. The number of hydrogen-bond acceptors (Lipinski definition) is 6. The lowest BCUT2D eigenvalue weighted by molar-refractivity contribution is 0.224. The quantitative estimate of drug-likeness (QED) is 0.734. The summed E-state index contributed by atoms with van der Waals surface area (Å²) in [6.45, 7) is 5.05. The van der Waals surface area contributed by atoms with Gasteiger partial charge in [0, 0.05) is 32.0 Å². The second-order valence-electron chi connectivity index (χ2n) is 5.87. The van der Waals surface area contributed by atoms with Crippen LogP contribution in [0.25, 0.3) is 0 Å². The first-order valence-electron chi connectivity index (χ1n) is 7.71. The molecule has 0 saturated carbocycles. The maximum absolute atomic E-state index is 5.40. The maximum atomic E-state index is 5.40. The first kappa shape index (κ1) is 14.1. The lowest BCUT2D eigenvalue weighted by Crippen LogP contribution is -2.27. The molecule has 1 aliphatic heterocycles. The van der Waals surface area contributed by atoms with E-state index in [1.165, 1.54) is 5.69 Å². The van der Waals surface area contributed by atoms with Crippen LogP contribution < -0.4 is 0 Å². The average Bonchev–Trinajstić information content (AvgIpc) is 3.13. The molecular weight excluding hydrogens is 292 g/mol. The average molecular weight is 310 g/mol. The molecule has 4 rings (SSSR count). The largest absolute Gasteiger partial charge is 0.339 e. The predicted octanol–water partition coefficient (Wildman–Crippen LogP) is 1.77. The summed E-state index contributed by atoms with van der Waals surface area (Å²) >= 11 is 0. The van der Waals surface area contributed by atoms with Crippen molar-refractivity contribution < 1.29 is 4.52 Å². The van der Waals surface area contributed by atoms with Crippen molar-refractivity contribution in [3.8, 4) is 0 Å². The molecule has 3 aromatic rings. The van der Waals surface area contributed by atoms with Gasteiger partial charge < -0.3 is 4.52 Å². The molecule has 1 aliphatic rings. The molecule has 0 N–H and O–H groups in total. The van der Waals surface area contributed by atoms with Gasteiger partial charge in [0.15, 0.2) is 5.82 Å². The summed E-state index contributed by atoms with van der Waals surface area (Å²) in [5, 5.41) is 8.35. The van der Waals surface area contributed by atoms with E-state index < -0.39 is 0 Å². The van der Waals surface area contributed by atoms with Gasteiger partial charge in [-0.25, -0.2) is 0 Å². The molecule has 3 aromatic heterocycles. The first-order valence-corrected chi connectivity index (χ1v) is 7.71. The Hall–Kier alpha value is -2.54.